The topological polar surface area (TPSA) is 105 Å². The van der Waals surface area contributed by atoms with Crippen LogP contribution >= 0.6 is 0 Å². The third-order valence-electron chi connectivity index (χ3n) is 5.33. The van der Waals surface area contributed by atoms with Gasteiger partial charge >= 0.3 is 12.1 Å². The summed E-state index contributed by atoms with van der Waals surface area (Å²) >= 11 is 0. The normalized spacial score (nSPS) is 17.2. The van der Waals surface area contributed by atoms with E-state index < -0.39 is 42.4 Å². The molecule has 0 saturated carbocycles. The van der Waals surface area contributed by atoms with Gasteiger partial charge in [-0.25, -0.2) is 4.98 Å². The van der Waals surface area contributed by atoms with E-state index in [4.69, 9.17) is 4.74 Å². The van der Waals surface area contributed by atoms with Crippen LogP contribution in [-0.4, -0.2) is 81.7 Å². The van der Waals surface area contributed by atoms with Gasteiger partial charge in [0.2, 0.25) is 17.4 Å². The maximum atomic E-state index is 13.6. The first-order chi connectivity index (χ1) is 14.4. The molecule has 9 nitrogen and oxygen atoms in total. The lowest BCUT2D eigenvalue weighted by atomic mass is 9.96. The molecule has 1 aliphatic rings. The summed E-state index contributed by atoms with van der Waals surface area (Å²) in [6.45, 7) is 2.09. The third kappa shape index (κ3) is 5.54. The summed E-state index contributed by atoms with van der Waals surface area (Å²) < 4.78 is 46.7. The molecule has 2 heterocycles. The Hall–Kier alpha value is -2.63. The zero-order valence-corrected chi connectivity index (χ0v) is 17.7. The molecule has 2 amide bonds. The molecule has 31 heavy (non-hydrogen) atoms. The number of carbonyl (C=O) groups excluding carboxylic acids is 3. The Kier molecular flexibility index (Phi) is 7.68. The van der Waals surface area contributed by atoms with Crippen LogP contribution in [0.4, 0.5) is 13.2 Å². The predicted molar refractivity (Wildman–Crippen MR) is 101 cm³/mol. The number of halogens is 3. The lowest BCUT2D eigenvalue weighted by molar-refractivity contribution is -0.271. The van der Waals surface area contributed by atoms with Crippen molar-refractivity contribution in [3.8, 4) is 0 Å². The monoisotopic (exact) mass is 448 g/mol. The van der Waals surface area contributed by atoms with Crippen LogP contribution in [0.15, 0.2) is 12.4 Å². The summed E-state index contributed by atoms with van der Waals surface area (Å²) in [6, 6.07) is 0. The van der Waals surface area contributed by atoms with Crippen LogP contribution in [0.3, 0.4) is 0 Å². The van der Waals surface area contributed by atoms with Gasteiger partial charge < -0.3 is 24.2 Å². The van der Waals surface area contributed by atoms with Crippen LogP contribution in [0.2, 0.25) is 0 Å². The van der Waals surface area contributed by atoms with Gasteiger partial charge in [0.15, 0.2) is 5.82 Å². The Balaban J connectivity index is 1.98. The standard InChI is InChI=1S/C19H27F3N4O5/c1-4-31-16(29)13-5-8-26(9-6-13)15(28)12-25(3)14(27)11-18(30,19(20,21)22)17-23-7-10-24(17)2/h7,10,13,30H,4-6,8-9,11-12H2,1-3H3. The number of likely N-dealkylation sites (N-methyl/N-ethyl adjacent to an activating group) is 1. The van der Waals surface area contributed by atoms with Crippen molar-refractivity contribution in [2.24, 2.45) is 13.0 Å². The minimum Gasteiger partial charge on any atom is -0.466 e. The molecule has 1 aliphatic heterocycles. The molecule has 1 saturated heterocycles. The number of rotatable bonds is 7. The number of aryl methyl sites for hydroxylation is 1. The minimum atomic E-state index is -5.15. The maximum absolute atomic E-state index is 13.6. The van der Waals surface area contributed by atoms with Crippen molar-refractivity contribution in [1.29, 1.82) is 0 Å². The zero-order chi connectivity index (χ0) is 23.4. The van der Waals surface area contributed by atoms with Gasteiger partial charge in [-0.2, -0.15) is 13.2 Å². The van der Waals surface area contributed by atoms with E-state index in [1.165, 1.54) is 25.2 Å². The number of carbonyl (C=O) groups is 3. The highest BCUT2D eigenvalue weighted by atomic mass is 19.4. The number of aliphatic hydroxyl groups is 1. The number of hydrogen-bond acceptors (Lipinski definition) is 6. The molecule has 2 rings (SSSR count). The van der Waals surface area contributed by atoms with Crippen molar-refractivity contribution in [1.82, 2.24) is 19.4 Å². The fraction of sp³-hybridized carbons (Fsp3) is 0.684. The number of aromatic nitrogens is 2. The van der Waals surface area contributed by atoms with E-state index in [0.717, 1.165) is 15.7 Å². The molecule has 1 N–H and O–H groups in total. The minimum absolute atomic E-state index is 0.271. The van der Waals surface area contributed by atoms with Crippen molar-refractivity contribution >= 4 is 17.8 Å². The van der Waals surface area contributed by atoms with E-state index in [1.54, 1.807) is 6.92 Å². The Morgan fingerprint density at radius 3 is 2.39 bits per heavy atom. The molecule has 1 unspecified atom stereocenters. The number of amides is 2. The van der Waals surface area contributed by atoms with Crippen LogP contribution in [0.5, 0.6) is 0 Å². The van der Waals surface area contributed by atoms with Crippen molar-refractivity contribution in [2.45, 2.75) is 38.0 Å². The molecular weight excluding hydrogens is 421 g/mol. The molecule has 0 bridgehead atoms. The molecule has 12 heteroatoms. The van der Waals surface area contributed by atoms with E-state index in [1.807, 2.05) is 0 Å². The molecular formula is C19H27F3N4O5. The van der Waals surface area contributed by atoms with Crippen molar-refractivity contribution < 1.29 is 37.4 Å². The number of likely N-dealkylation sites (tertiary alicyclic amines) is 1. The van der Waals surface area contributed by atoms with Gasteiger partial charge in [-0.3, -0.25) is 14.4 Å². The molecule has 0 spiro atoms. The van der Waals surface area contributed by atoms with E-state index in [2.05, 4.69) is 4.98 Å². The predicted octanol–water partition coefficient (Wildman–Crippen LogP) is 0.820. The second-order valence-corrected chi connectivity index (χ2v) is 7.55. The van der Waals surface area contributed by atoms with E-state index in [-0.39, 0.29) is 31.6 Å². The fourth-order valence-electron chi connectivity index (χ4n) is 3.44. The highest BCUT2D eigenvalue weighted by Gasteiger charge is 2.59. The largest absolute Gasteiger partial charge is 0.466 e. The van der Waals surface area contributed by atoms with Crippen LogP contribution in [0, 0.1) is 5.92 Å². The number of imidazole rings is 1. The SMILES string of the molecule is CCOC(=O)C1CCN(C(=O)CN(C)C(=O)CC(O)(c2nccn2C)C(F)(F)F)CC1. The molecule has 1 fully saturated rings. The van der Waals surface area contributed by atoms with E-state index >= 15 is 0 Å². The number of hydrogen-bond donors (Lipinski definition) is 1. The van der Waals surface area contributed by atoms with Gasteiger partial charge in [-0.1, -0.05) is 0 Å². The number of piperidine rings is 1. The van der Waals surface area contributed by atoms with Crippen LogP contribution in [-0.2, 0) is 31.8 Å². The van der Waals surface area contributed by atoms with Crippen molar-refractivity contribution in [2.75, 3.05) is 33.3 Å². The Morgan fingerprint density at radius 2 is 1.90 bits per heavy atom. The van der Waals surface area contributed by atoms with Gasteiger partial charge in [-0.15, -0.1) is 0 Å². The van der Waals surface area contributed by atoms with Crippen LogP contribution in [0.25, 0.3) is 0 Å². The number of nitrogens with zero attached hydrogens (tertiary/aromatic N) is 4. The van der Waals surface area contributed by atoms with E-state index in [9.17, 15) is 32.7 Å². The molecule has 0 aromatic carbocycles. The first-order valence-corrected chi connectivity index (χ1v) is 9.86. The summed E-state index contributed by atoms with van der Waals surface area (Å²) in [4.78, 5) is 42.5. The summed E-state index contributed by atoms with van der Waals surface area (Å²) in [7, 11) is 2.47. The number of esters is 1. The summed E-state index contributed by atoms with van der Waals surface area (Å²) in [6.07, 6.45) is -3.32. The van der Waals surface area contributed by atoms with Gasteiger partial charge in [0.25, 0.3) is 0 Å². The molecule has 0 radical (unpaired) electrons. The first kappa shape index (κ1) is 24.6. The molecule has 1 aromatic heterocycles. The number of alkyl halides is 3. The summed E-state index contributed by atoms with van der Waals surface area (Å²) in [5.41, 5.74) is -3.49. The fourth-order valence-corrected chi connectivity index (χ4v) is 3.44. The highest BCUT2D eigenvalue weighted by molar-refractivity contribution is 5.85. The highest BCUT2D eigenvalue weighted by Crippen LogP contribution is 2.41. The average molecular weight is 448 g/mol. The van der Waals surface area contributed by atoms with Crippen molar-refractivity contribution in [3.05, 3.63) is 18.2 Å². The smallest absolute Gasteiger partial charge is 0.425 e. The molecule has 1 aromatic rings. The quantitative estimate of drug-likeness (QED) is 0.620. The Bertz CT molecular complexity index is 805. The average Bonchev–Trinajstić information content (AvgIpc) is 3.13. The molecule has 174 valence electrons. The third-order valence-corrected chi connectivity index (χ3v) is 5.33. The van der Waals surface area contributed by atoms with E-state index in [0.29, 0.717) is 12.8 Å². The lowest BCUT2D eigenvalue weighted by Crippen LogP contribution is -2.50. The van der Waals surface area contributed by atoms with Gasteiger partial charge in [0, 0.05) is 39.6 Å². The molecule has 1 atom stereocenters. The van der Waals surface area contributed by atoms with Gasteiger partial charge in [0.05, 0.1) is 25.5 Å². The second kappa shape index (κ2) is 9.67. The Labute approximate surface area is 177 Å². The van der Waals surface area contributed by atoms with Gasteiger partial charge in [-0.05, 0) is 19.8 Å². The van der Waals surface area contributed by atoms with Crippen LogP contribution < -0.4 is 0 Å². The van der Waals surface area contributed by atoms with Crippen molar-refractivity contribution in [3.63, 3.8) is 0 Å². The number of ether oxygens (including phenoxy) is 1. The zero-order valence-electron chi connectivity index (χ0n) is 17.7. The van der Waals surface area contributed by atoms with Crippen LogP contribution in [0.1, 0.15) is 32.0 Å². The molecule has 0 aliphatic carbocycles. The second-order valence-electron chi connectivity index (χ2n) is 7.55. The summed E-state index contributed by atoms with van der Waals surface area (Å²) in [5.74, 6) is -2.84. The maximum Gasteiger partial charge on any atom is 0.425 e. The van der Waals surface area contributed by atoms with Gasteiger partial charge in [0.1, 0.15) is 0 Å². The lowest BCUT2D eigenvalue weighted by Gasteiger charge is -2.33. The Morgan fingerprint density at radius 1 is 1.29 bits per heavy atom. The first-order valence-electron chi connectivity index (χ1n) is 9.86. The summed E-state index contributed by atoms with van der Waals surface area (Å²) in [5, 5.41) is 10.3.